The maximum absolute atomic E-state index is 13.8. The molecule has 2 rings (SSSR count). The first-order valence-electron chi connectivity index (χ1n) is 6.65. The topological polar surface area (TPSA) is 12.0 Å². The van der Waals surface area contributed by atoms with Crippen LogP contribution in [0.3, 0.4) is 0 Å². The lowest BCUT2D eigenvalue weighted by molar-refractivity contribution is 0.590. The summed E-state index contributed by atoms with van der Waals surface area (Å²) in [5.74, 6) is -0.354. The SMILES string of the molecule is CC(C)(C)c1ccc(NCc2cccc(Cl)c2F)cc1. The van der Waals surface area contributed by atoms with Crippen LogP contribution in [0.5, 0.6) is 0 Å². The van der Waals surface area contributed by atoms with Gasteiger partial charge in [0, 0.05) is 17.8 Å². The van der Waals surface area contributed by atoms with Gasteiger partial charge < -0.3 is 5.32 Å². The van der Waals surface area contributed by atoms with Crippen molar-refractivity contribution in [2.75, 3.05) is 5.32 Å². The van der Waals surface area contributed by atoms with Crippen LogP contribution in [0.4, 0.5) is 10.1 Å². The molecule has 106 valence electrons. The molecular formula is C17H19ClFN. The van der Waals surface area contributed by atoms with Crippen molar-refractivity contribution in [3.05, 3.63) is 64.4 Å². The molecule has 0 aliphatic rings. The van der Waals surface area contributed by atoms with Gasteiger partial charge in [0.1, 0.15) is 5.82 Å². The fourth-order valence-corrected chi connectivity index (χ4v) is 2.16. The van der Waals surface area contributed by atoms with E-state index in [9.17, 15) is 4.39 Å². The van der Waals surface area contributed by atoms with Gasteiger partial charge in [0.2, 0.25) is 0 Å². The number of benzene rings is 2. The van der Waals surface area contributed by atoms with Crippen molar-refractivity contribution in [2.45, 2.75) is 32.7 Å². The number of anilines is 1. The Morgan fingerprint density at radius 1 is 1.05 bits per heavy atom. The van der Waals surface area contributed by atoms with Crippen LogP contribution >= 0.6 is 11.6 Å². The third-order valence-corrected chi connectivity index (χ3v) is 3.56. The van der Waals surface area contributed by atoms with Crippen molar-refractivity contribution in [3.63, 3.8) is 0 Å². The molecule has 2 aromatic rings. The maximum atomic E-state index is 13.8. The highest BCUT2D eigenvalue weighted by molar-refractivity contribution is 6.30. The predicted molar refractivity (Wildman–Crippen MR) is 83.9 cm³/mol. The molecule has 1 nitrogen and oxygen atoms in total. The molecule has 0 bridgehead atoms. The molecular weight excluding hydrogens is 273 g/mol. The average molecular weight is 292 g/mol. The Morgan fingerprint density at radius 3 is 2.30 bits per heavy atom. The van der Waals surface area contributed by atoms with Gasteiger partial charge in [0.15, 0.2) is 0 Å². The largest absolute Gasteiger partial charge is 0.381 e. The van der Waals surface area contributed by atoms with Crippen LogP contribution in [0.25, 0.3) is 0 Å². The molecule has 0 unspecified atom stereocenters. The highest BCUT2D eigenvalue weighted by Crippen LogP contribution is 2.24. The first-order chi connectivity index (χ1) is 9.38. The lowest BCUT2D eigenvalue weighted by atomic mass is 9.87. The number of hydrogen-bond acceptors (Lipinski definition) is 1. The van der Waals surface area contributed by atoms with Crippen LogP contribution in [-0.2, 0) is 12.0 Å². The zero-order chi connectivity index (χ0) is 14.8. The minimum atomic E-state index is -0.354. The highest BCUT2D eigenvalue weighted by Gasteiger charge is 2.12. The average Bonchev–Trinajstić information content (AvgIpc) is 2.40. The smallest absolute Gasteiger partial charge is 0.146 e. The lowest BCUT2D eigenvalue weighted by Crippen LogP contribution is -2.10. The van der Waals surface area contributed by atoms with Crippen molar-refractivity contribution in [3.8, 4) is 0 Å². The molecule has 20 heavy (non-hydrogen) atoms. The third-order valence-electron chi connectivity index (χ3n) is 3.27. The quantitative estimate of drug-likeness (QED) is 0.799. The van der Waals surface area contributed by atoms with Gasteiger partial charge in [-0.3, -0.25) is 0 Å². The second kappa shape index (κ2) is 5.84. The van der Waals surface area contributed by atoms with Gasteiger partial charge in [-0.05, 0) is 29.2 Å². The zero-order valence-corrected chi connectivity index (χ0v) is 12.8. The number of hydrogen-bond donors (Lipinski definition) is 1. The Hall–Kier alpha value is -1.54. The second-order valence-corrected chi connectivity index (χ2v) is 6.30. The third kappa shape index (κ3) is 3.51. The van der Waals surface area contributed by atoms with E-state index in [4.69, 9.17) is 11.6 Å². The molecule has 0 amide bonds. The Labute approximate surface area is 124 Å². The van der Waals surface area contributed by atoms with Crippen LogP contribution in [0.15, 0.2) is 42.5 Å². The first-order valence-corrected chi connectivity index (χ1v) is 7.03. The van der Waals surface area contributed by atoms with E-state index in [0.717, 1.165) is 5.69 Å². The minimum Gasteiger partial charge on any atom is -0.381 e. The summed E-state index contributed by atoms with van der Waals surface area (Å²) in [7, 11) is 0. The van der Waals surface area contributed by atoms with Crippen molar-refractivity contribution in [1.29, 1.82) is 0 Å². The fraction of sp³-hybridized carbons (Fsp3) is 0.294. The minimum absolute atomic E-state index is 0.137. The van der Waals surface area contributed by atoms with E-state index >= 15 is 0 Å². The predicted octanol–water partition coefficient (Wildman–Crippen LogP) is 5.39. The Kier molecular flexibility index (Phi) is 4.34. The van der Waals surface area contributed by atoms with Crippen LogP contribution in [0.1, 0.15) is 31.9 Å². The van der Waals surface area contributed by atoms with Crippen LogP contribution in [-0.4, -0.2) is 0 Å². The summed E-state index contributed by atoms with van der Waals surface area (Å²) >= 11 is 5.76. The number of rotatable bonds is 3. The van der Waals surface area contributed by atoms with Crippen molar-refractivity contribution >= 4 is 17.3 Å². The first kappa shape index (κ1) is 14.9. The molecule has 3 heteroatoms. The lowest BCUT2D eigenvalue weighted by Gasteiger charge is -2.19. The summed E-state index contributed by atoms with van der Waals surface area (Å²) in [6.45, 7) is 6.95. The van der Waals surface area contributed by atoms with Gasteiger partial charge in [-0.15, -0.1) is 0 Å². The van der Waals surface area contributed by atoms with Crippen LogP contribution in [0, 0.1) is 5.82 Å². The van der Waals surface area contributed by atoms with Gasteiger partial charge in [0.25, 0.3) is 0 Å². The fourth-order valence-electron chi connectivity index (χ4n) is 1.97. The van der Waals surface area contributed by atoms with E-state index < -0.39 is 0 Å². The summed E-state index contributed by atoms with van der Waals surface area (Å²) in [5.41, 5.74) is 2.95. The van der Waals surface area contributed by atoms with E-state index in [-0.39, 0.29) is 16.3 Å². The molecule has 0 aliphatic carbocycles. The molecule has 0 spiro atoms. The van der Waals surface area contributed by atoms with E-state index in [1.165, 1.54) is 5.56 Å². The van der Waals surface area contributed by atoms with Gasteiger partial charge >= 0.3 is 0 Å². The van der Waals surface area contributed by atoms with Crippen LogP contribution < -0.4 is 5.32 Å². The summed E-state index contributed by atoms with van der Waals surface area (Å²) in [6.07, 6.45) is 0. The normalized spacial score (nSPS) is 11.4. The number of halogens is 2. The number of nitrogens with one attached hydrogen (secondary N) is 1. The monoisotopic (exact) mass is 291 g/mol. The summed E-state index contributed by atoms with van der Waals surface area (Å²) < 4.78 is 13.8. The second-order valence-electron chi connectivity index (χ2n) is 5.89. The van der Waals surface area contributed by atoms with E-state index in [1.54, 1.807) is 18.2 Å². The molecule has 0 fully saturated rings. The molecule has 0 saturated carbocycles. The molecule has 2 aromatic carbocycles. The van der Waals surface area contributed by atoms with E-state index in [0.29, 0.717) is 12.1 Å². The van der Waals surface area contributed by atoms with Gasteiger partial charge in [-0.2, -0.15) is 0 Å². The molecule has 1 N–H and O–H groups in total. The van der Waals surface area contributed by atoms with Crippen molar-refractivity contribution in [1.82, 2.24) is 0 Å². The maximum Gasteiger partial charge on any atom is 0.146 e. The van der Waals surface area contributed by atoms with Crippen LogP contribution in [0.2, 0.25) is 5.02 Å². The molecule has 0 aliphatic heterocycles. The van der Waals surface area contributed by atoms with Gasteiger partial charge in [0.05, 0.1) is 5.02 Å². The van der Waals surface area contributed by atoms with Crippen molar-refractivity contribution < 1.29 is 4.39 Å². The molecule has 0 radical (unpaired) electrons. The Balaban J connectivity index is 2.06. The zero-order valence-electron chi connectivity index (χ0n) is 12.0. The highest BCUT2D eigenvalue weighted by atomic mass is 35.5. The van der Waals surface area contributed by atoms with E-state index in [2.05, 4.69) is 38.2 Å². The summed E-state index contributed by atoms with van der Waals surface area (Å²) in [6, 6.07) is 13.3. The van der Waals surface area contributed by atoms with E-state index in [1.807, 2.05) is 12.1 Å². The molecule has 0 aromatic heterocycles. The molecule has 0 atom stereocenters. The van der Waals surface area contributed by atoms with Crippen molar-refractivity contribution in [2.24, 2.45) is 0 Å². The summed E-state index contributed by atoms with van der Waals surface area (Å²) in [5, 5.41) is 3.37. The Morgan fingerprint density at radius 2 is 1.70 bits per heavy atom. The standard InChI is InChI=1S/C17H19ClFN/c1-17(2,3)13-7-9-14(10-8-13)20-11-12-5-4-6-15(18)16(12)19/h4-10,20H,11H2,1-3H3. The van der Waals surface area contributed by atoms with Gasteiger partial charge in [-0.25, -0.2) is 4.39 Å². The molecule has 0 heterocycles. The Bertz CT molecular complexity index is 585. The van der Waals surface area contributed by atoms with Gasteiger partial charge in [-0.1, -0.05) is 56.6 Å². The summed E-state index contributed by atoms with van der Waals surface area (Å²) in [4.78, 5) is 0. The molecule has 0 saturated heterocycles.